The van der Waals surface area contributed by atoms with Gasteiger partial charge in [0.1, 0.15) is 0 Å². The van der Waals surface area contributed by atoms with Crippen LogP contribution in [0.2, 0.25) is 0 Å². The summed E-state index contributed by atoms with van der Waals surface area (Å²) in [5.74, 6) is -0.487. The van der Waals surface area contributed by atoms with Crippen LogP contribution in [0.15, 0.2) is 83.8 Å². The van der Waals surface area contributed by atoms with Gasteiger partial charge in [-0.25, -0.2) is 8.42 Å². The van der Waals surface area contributed by atoms with E-state index < -0.39 is 15.1 Å². The van der Waals surface area contributed by atoms with Crippen molar-refractivity contribution in [3.8, 4) is 0 Å². The first-order valence-corrected chi connectivity index (χ1v) is 11.7. The largest absolute Gasteiger partial charge is 0.378 e. The molecule has 0 aromatic heterocycles. The molecular weight excluding hydrogens is 424 g/mol. The molecule has 32 heavy (non-hydrogen) atoms. The van der Waals surface area contributed by atoms with Crippen LogP contribution in [-0.4, -0.2) is 34.2 Å². The van der Waals surface area contributed by atoms with Gasteiger partial charge in [-0.3, -0.25) is 9.59 Å². The highest BCUT2D eigenvalue weighted by molar-refractivity contribution is 7.91. The van der Waals surface area contributed by atoms with Gasteiger partial charge in [-0.15, -0.1) is 0 Å². The van der Waals surface area contributed by atoms with Gasteiger partial charge in [0, 0.05) is 44.4 Å². The predicted molar refractivity (Wildman–Crippen MR) is 127 cm³/mol. The van der Waals surface area contributed by atoms with Crippen LogP contribution in [0.5, 0.6) is 0 Å². The number of carbonyl (C=O) groups is 2. The molecular formula is C25H26N2O4S. The minimum atomic E-state index is -3.88. The number of carbonyl (C=O) groups excluding carboxylic acids is 2. The summed E-state index contributed by atoms with van der Waals surface area (Å²) in [5, 5.41) is 1.58. The molecule has 3 aromatic carbocycles. The molecule has 0 fully saturated rings. The molecule has 1 amide bonds. The number of anilines is 2. The van der Waals surface area contributed by atoms with Crippen molar-refractivity contribution in [2.24, 2.45) is 0 Å². The van der Waals surface area contributed by atoms with Gasteiger partial charge in [-0.05, 0) is 42.0 Å². The molecule has 0 aliphatic heterocycles. The molecule has 3 aromatic rings. The molecule has 166 valence electrons. The summed E-state index contributed by atoms with van der Waals surface area (Å²) < 4.78 is 27.2. The maximum absolute atomic E-state index is 13.6. The molecule has 0 unspecified atom stereocenters. The Kier molecular flexibility index (Phi) is 7.10. The molecule has 3 rings (SSSR count). The number of nitrogens with zero attached hydrogens (tertiary/aromatic N) is 1. The number of nitrogens with one attached hydrogen (secondary N) is 1. The van der Waals surface area contributed by atoms with Crippen LogP contribution in [0, 0.1) is 0 Å². The fourth-order valence-electron chi connectivity index (χ4n) is 3.40. The molecule has 6 nitrogen and oxygen atoms in total. The number of benzene rings is 3. The summed E-state index contributed by atoms with van der Waals surface area (Å²) in [6.07, 6.45) is -0.179. The third-order valence-electron chi connectivity index (χ3n) is 5.13. The van der Waals surface area contributed by atoms with Crippen LogP contribution in [0.1, 0.15) is 34.5 Å². The average molecular weight is 451 g/mol. The zero-order valence-corrected chi connectivity index (χ0v) is 19.1. The number of sulfone groups is 1. The second kappa shape index (κ2) is 9.78. The lowest BCUT2D eigenvalue weighted by atomic mass is 10.0. The molecule has 0 aliphatic rings. The second-order valence-corrected chi connectivity index (χ2v) is 9.85. The molecule has 0 aliphatic carbocycles. The number of Topliss-reactive ketones (excluding diaryl/α,β-unsaturated/α-hetero) is 1. The van der Waals surface area contributed by atoms with E-state index in [-0.39, 0.29) is 23.0 Å². The molecule has 0 heterocycles. The first-order valence-electron chi connectivity index (χ1n) is 10.2. The Morgan fingerprint density at radius 1 is 0.875 bits per heavy atom. The van der Waals surface area contributed by atoms with Gasteiger partial charge in [0.05, 0.1) is 10.1 Å². The van der Waals surface area contributed by atoms with E-state index in [9.17, 15) is 18.0 Å². The molecule has 0 saturated carbocycles. The normalized spacial score (nSPS) is 12.1. The van der Waals surface area contributed by atoms with Gasteiger partial charge in [-0.2, -0.15) is 0 Å². The van der Waals surface area contributed by atoms with Crippen molar-refractivity contribution < 1.29 is 18.0 Å². The smallest absolute Gasteiger partial charge is 0.221 e. The SMILES string of the molecule is CC(=O)Nc1ccc(S(=O)(=O)[C@H](CC(=O)c2ccccc2)c2ccc(N(C)C)cc2)cc1. The van der Waals surface area contributed by atoms with E-state index in [2.05, 4.69) is 5.32 Å². The number of hydrogen-bond donors (Lipinski definition) is 1. The Bertz CT molecular complexity index is 1190. The minimum absolute atomic E-state index is 0.0918. The quantitative estimate of drug-likeness (QED) is 0.511. The Balaban J connectivity index is 2.00. The number of ketones is 1. The molecule has 0 bridgehead atoms. The average Bonchev–Trinajstić information content (AvgIpc) is 2.78. The van der Waals surface area contributed by atoms with E-state index in [1.165, 1.54) is 19.1 Å². The first kappa shape index (κ1) is 23.2. The van der Waals surface area contributed by atoms with Crippen LogP contribution in [0.3, 0.4) is 0 Å². The minimum Gasteiger partial charge on any atom is -0.378 e. The van der Waals surface area contributed by atoms with Crippen molar-refractivity contribution in [1.82, 2.24) is 0 Å². The fraction of sp³-hybridized carbons (Fsp3) is 0.200. The van der Waals surface area contributed by atoms with Crippen LogP contribution >= 0.6 is 0 Å². The molecule has 0 saturated heterocycles. The van der Waals surface area contributed by atoms with E-state index in [4.69, 9.17) is 0 Å². The van der Waals surface area contributed by atoms with E-state index in [1.807, 2.05) is 37.2 Å². The van der Waals surface area contributed by atoms with Gasteiger partial charge in [0.2, 0.25) is 5.91 Å². The second-order valence-electron chi connectivity index (χ2n) is 7.72. The Morgan fingerprint density at radius 3 is 2.00 bits per heavy atom. The zero-order chi connectivity index (χ0) is 23.3. The van der Waals surface area contributed by atoms with Gasteiger partial charge in [0.25, 0.3) is 0 Å². The molecule has 0 spiro atoms. The van der Waals surface area contributed by atoms with Crippen LogP contribution in [0.4, 0.5) is 11.4 Å². The van der Waals surface area contributed by atoms with Crippen molar-refractivity contribution in [2.75, 3.05) is 24.3 Å². The van der Waals surface area contributed by atoms with E-state index in [1.54, 1.807) is 48.5 Å². The Morgan fingerprint density at radius 2 is 1.47 bits per heavy atom. The topological polar surface area (TPSA) is 83.5 Å². The summed E-state index contributed by atoms with van der Waals surface area (Å²) in [4.78, 5) is 26.2. The summed E-state index contributed by atoms with van der Waals surface area (Å²) in [6, 6.07) is 21.8. The molecule has 1 N–H and O–H groups in total. The summed E-state index contributed by atoms with van der Waals surface area (Å²) in [6.45, 7) is 1.38. The van der Waals surface area contributed by atoms with Gasteiger partial charge in [0.15, 0.2) is 15.6 Å². The monoisotopic (exact) mass is 450 g/mol. The van der Waals surface area contributed by atoms with Crippen molar-refractivity contribution in [2.45, 2.75) is 23.5 Å². The molecule has 7 heteroatoms. The highest BCUT2D eigenvalue weighted by atomic mass is 32.2. The van der Waals surface area contributed by atoms with Crippen molar-refractivity contribution in [3.05, 3.63) is 90.0 Å². The van der Waals surface area contributed by atoms with Crippen LogP contribution in [-0.2, 0) is 14.6 Å². The molecule has 0 radical (unpaired) electrons. The van der Waals surface area contributed by atoms with E-state index >= 15 is 0 Å². The number of amides is 1. The van der Waals surface area contributed by atoms with Gasteiger partial charge < -0.3 is 10.2 Å². The molecule has 1 atom stereocenters. The van der Waals surface area contributed by atoms with Crippen molar-refractivity contribution in [3.63, 3.8) is 0 Å². The van der Waals surface area contributed by atoms with E-state index in [0.29, 0.717) is 16.8 Å². The Hall–Kier alpha value is -3.45. The lowest BCUT2D eigenvalue weighted by molar-refractivity contribution is -0.114. The maximum atomic E-state index is 13.6. The van der Waals surface area contributed by atoms with Gasteiger partial charge in [-0.1, -0.05) is 42.5 Å². The highest BCUT2D eigenvalue weighted by Crippen LogP contribution is 2.34. The lowest BCUT2D eigenvalue weighted by Gasteiger charge is -2.20. The van der Waals surface area contributed by atoms with Crippen LogP contribution < -0.4 is 10.2 Å². The predicted octanol–water partition coefficient (Wildman–Crippen LogP) is 4.50. The highest BCUT2D eigenvalue weighted by Gasteiger charge is 2.31. The third-order valence-corrected chi connectivity index (χ3v) is 7.24. The van der Waals surface area contributed by atoms with Gasteiger partial charge >= 0.3 is 0 Å². The number of rotatable bonds is 8. The maximum Gasteiger partial charge on any atom is 0.221 e. The van der Waals surface area contributed by atoms with Crippen molar-refractivity contribution in [1.29, 1.82) is 0 Å². The van der Waals surface area contributed by atoms with E-state index in [0.717, 1.165) is 5.69 Å². The first-order chi connectivity index (χ1) is 15.2. The summed E-state index contributed by atoms with van der Waals surface area (Å²) >= 11 is 0. The number of hydrogen-bond acceptors (Lipinski definition) is 5. The lowest BCUT2D eigenvalue weighted by Crippen LogP contribution is -2.18. The zero-order valence-electron chi connectivity index (χ0n) is 18.3. The standard InChI is InChI=1S/C25H26N2O4S/c1-18(28)26-21-11-15-23(16-12-21)32(30,31)25(17-24(29)19-7-5-4-6-8-19)20-9-13-22(14-10-20)27(2)3/h4-16,25H,17H2,1-3H3,(H,26,28)/t25-/m1/s1. The summed E-state index contributed by atoms with van der Waals surface area (Å²) in [5.41, 5.74) is 2.45. The third kappa shape index (κ3) is 5.42. The summed E-state index contributed by atoms with van der Waals surface area (Å²) in [7, 11) is -0.0795. The fourth-order valence-corrected chi connectivity index (χ4v) is 5.13. The van der Waals surface area contributed by atoms with Crippen LogP contribution in [0.25, 0.3) is 0 Å². The Labute approximate surface area is 188 Å². The van der Waals surface area contributed by atoms with Crippen molar-refractivity contribution >= 4 is 32.9 Å².